The maximum Gasteiger partial charge on any atom is 0.137 e. The minimum Gasteiger partial charge on any atom is -0.495 e. The molecule has 2 aromatic rings. The molecule has 0 aliphatic rings. The largest absolute Gasteiger partial charge is 0.495 e. The first-order valence-electron chi connectivity index (χ1n) is 4.56. The highest BCUT2D eigenvalue weighted by Crippen LogP contribution is 2.32. The number of H-pyrrole nitrogens is 1. The molecule has 0 bridgehead atoms. The van der Waals surface area contributed by atoms with Crippen LogP contribution in [0.1, 0.15) is 5.56 Å². The van der Waals surface area contributed by atoms with Gasteiger partial charge in [0.15, 0.2) is 0 Å². The highest BCUT2D eigenvalue weighted by molar-refractivity contribution is 6.32. The number of methoxy groups -OCH3 is 1. The van der Waals surface area contributed by atoms with E-state index in [0.29, 0.717) is 10.8 Å². The van der Waals surface area contributed by atoms with Gasteiger partial charge >= 0.3 is 0 Å². The summed E-state index contributed by atoms with van der Waals surface area (Å²) in [5.74, 6) is 0.692. The van der Waals surface area contributed by atoms with Crippen LogP contribution < -0.4 is 4.74 Å². The maximum absolute atomic E-state index is 6.06. The molecule has 0 saturated carbocycles. The predicted molar refractivity (Wildman–Crippen MR) is 60.3 cm³/mol. The summed E-state index contributed by atoms with van der Waals surface area (Å²) >= 11 is 6.06. The molecule has 15 heavy (non-hydrogen) atoms. The number of aromatic amines is 1. The maximum atomic E-state index is 6.06. The highest BCUT2D eigenvalue weighted by atomic mass is 35.5. The predicted octanol–water partition coefficient (Wildman–Crippen LogP) is 3.05. The van der Waals surface area contributed by atoms with Crippen molar-refractivity contribution in [2.75, 3.05) is 7.11 Å². The number of hydrogen-bond donors (Lipinski definition) is 1. The molecule has 0 atom stereocenters. The van der Waals surface area contributed by atoms with Crippen LogP contribution in [-0.4, -0.2) is 17.3 Å². The average molecular weight is 223 g/mol. The molecule has 0 aliphatic carbocycles. The third-order valence-corrected chi connectivity index (χ3v) is 2.59. The van der Waals surface area contributed by atoms with Crippen LogP contribution >= 0.6 is 11.6 Å². The first-order valence-corrected chi connectivity index (χ1v) is 4.94. The quantitative estimate of drug-likeness (QED) is 0.848. The summed E-state index contributed by atoms with van der Waals surface area (Å²) in [6.07, 6.45) is 1.72. The van der Waals surface area contributed by atoms with Gasteiger partial charge in [0.2, 0.25) is 0 Å². The SMILES string of the molecule is COc1cc(C)c(-c2ccn[nH]2)cc1Cl. The van der Waals surface area contributed by atoms with Crippen molar-refractivity contribution in [2.24, 2.45) is 0 Å². The van der Waals surface area contributed by atoms with Gasteiger partial charge in [-0.3, -0.25) is 5.10 Å². The molecule has 1 N–H and O–H groups in total. The molecule has 0 amide bonds. The molecular formula is C11H11ClN2O. The summed E-state index contributed by atoms with van der Waals surface area (Å²) in [6, 6.07) is 5.70. The van der Waals surface area contributed by atoms with Crippen LogP contribution in [-0.2, 0) is 0 Å². The van der Waals surface area contributed by atoms with Gasteiger partial charge in [0.05, 0.1) is 17.8 Å². The molecular weight excluding hydrogens is 212 g/mol. The Morgan fingerprint density at radius 1 is 1.40 bits per heavy atom. The standard InChI is InChI=1S/C11H11ClN2O/c1-7-5-11(15-2)9(12)6-8(7)10-3-4-13-14-10/h3-6H,1-2H3,(H,13,14). The second-order valence-electron chi connectivity index (χ2n) is 3.27. The number of halogens is 1. The van der Waals surface area contributed by atoms with E-state index in [4.69, 9.17) is 16.3 Å². The molecule has 0 aliphatic heterocycles. The molecule has 78 valence electrons. The monoisotopic (exact) mass is 222 g/mol. The Hall–Kier alpha value is -1.48. The lowest BCUT2D eigenvalue weighted by Crippen LogP contribution is -1.89. The van der Waals surface area contributed by atoms with E-state index in [-0.39, 0.29) is 0 Å². The Kier molecular flexibility index (Phi) is 2.64. The zero-order valence-corrected chi connectivity index (χ0v) is 9.30. The van der Waals surface area contributed by atoms with Crippen LogP contribution in [0.25, 0.3) is 11.3 Å². The Bertz CT molecular complexity index is 466. The van der Waals surface area contributed by atoms with E-state index in [1.807, 2.05) is 25.1 Å². The molecule has 0 fully saturated rings. The Morgan fingerprint density at radius 2 is 2.20 bits per heavy atom. The van der Waals surface area contributed by atoms with Crippen LogP contribution in [0.15, 0.2) is 24.4 Å². The Labute approximate surface area is 93.0 Å². The second-order valence-corrected chi connectivity index (χ2v) is 3.68. The summed E-state index contributed by atoms with van der Waals surface area (Å²) in [5, 5.41) is 7.43. The molecule has 0 saturated heterocycles. The Morgan fingerprint density at radius 3 is 2.80 bits per heavy atom. The minimum absolute atomic E-state index is 0.604. The van der Waals surface area contributed by atoms with Gasteiger partial charge in [0.1, 0.15) is 5.75 Å². The van der Waals surface area contributed by atoms with Gasteiger partial charge in [0.25, 0.3) is 0 Å². The fourth-order valence-corrected chi connectivity index (χ4v) is 1.75. The van der Waals surface area contributed by atoms with Crippen molar-refractivity contribution >= 4 is 11.6 Å². The lowest BCUT2D eigenvalue weighted by molar-refractivity contribution is 0.415. The van der Waals surface area contributed by atoms with Crippen LogP contribution in [0.4, 0.5) is 0 Å². The first kappa shape index (κ1) is 10.1. The lowest BCUT2D eigenvalue weighted by Gasteiger charge is -2.08. The molecule has 0 spiro atoms. The zero-order chi connectivity index (χ0) is 10.8. The molecule has 0 radical (unpaired) electrons. The zero-order valence-electron chi connectivity index (χ0n) is 8.54. The van der Waals surface area contributed by atoms with Gasteiger partial charge in [-0.25, -0.2) is 0 Å². The summed E-state index contributed by atoms with van der Waals surface area (Å²) < 4.78 is 5.14. The number of rotatable bonds is 2. The number of nitrogens with one attached hydrogen (secondary N) is 1. The Balaban J connectivity index is 2.55. The second kappa shape index (κ2) is 3.95. The number of nitrogens with zero attached hydrogens (tertiary/aromatic N) is 1. The number of benzene rings is 1. The van der Waals surface area contributed by atoms with E-state index in [0.717, 1.165) is 16.8 Å². The number of aromatic nitrogens is 2. The molecule has 2 rings (SSSR count). The summed E-state index contributed by atoms with van der Waals surface area (Å²) in [5.41, 5.74) is 3.09. The van der Waals surface area contributed by atoms with E-state index < -0.39 is 0 Å². The number of hydrogen-bond acceptors (Lipinski definition) is 2. The highest BCUT2D eigenvalue weighted by Gasteiger charge is 2.08. The van der Waals surface area contributed by atoms with Gasteiger partial charge in [-0.15, -0.1) is 0 Å². The fourth-order valence-electron chi connectivity index (χ4n) is 1.51. The fraction of sp³-hybridized carbons (Fsp3) is 0.182. The van der Waals surface area contributed by atoms with Crippen molar-refractivity contribution in [3.8, 4) is 17.0 Å². The molecule has 4 heteroatoms. The molecule has 1 aromatic heterocycles. The van der Waals surface area contributed by atoms with Gasteiger partial charge in [-0.05, 0) is 30.7 Å². The summed E-state index contributed by atoms with van der Waals surface area (Å²) in [7, 11) is 1.61. The van der Waals surface area contributed by atoms with Crippen molar-refractivity contribution in [3.63, 3.8) is 0 Å². The normalized spacial score (nSPS) is 10.3. The van der Waals surface area contributed by atoms with E-state index in [2.05, 4.69) is 10.2 Å². The van der Waals surface area contributed by atoms with E-state index in [1.54, 1.807) is 13.3 Å². The third-order valence-electron chi connectivity index (χ3n) is 2.29. The number of aryl methyl sites for hydroxylation is 1. The molecule has 0 unspecified atom stereocenters. The van der Waals surface area contributed by atoms with Crippen LogP contribution in [0.3, 0.4) is 0 Å². The first-order chi connectivity index (χ1) is 7.22. The minimum atomic E-state index is 0.604. The van der Waals surface area contributed by atoms with Crippen LogP contribution in [0.2, 0.25) is 5.02 Å². The van der Waals surface area contributed by atoms with E-state index >= 15 is 0 Å². The molecule has 3 nitrogen and oxygen atoms in total. The van der Waals surface area contributed by atoms with Gasteiger partial charge in [-0.2, -0.15) is 5.10 Å². The number of ether oxygens (including phenoxy) is 1. The van der Waals surface area contributed by atoms with Crippen molar-refractivity contribution in [2.45, 2.75) is 6.92 Å². The summed E-state index contributed by atoms with van der Waals surface area (Å²) in [6.45, 7) is 2.01. The third kappa shape index (κ3) is 1.83. The molecule has 1 aromatic carbocycles. The van der Waals surface area contributed by atoms with Crippen molar-refractivity contribution < 1.29 is 4.74 Å². The molecule has 1 heterocycles. The van der Waals surface area contributed by atoms with Crippen molar-refractivity contribution in [1.29, 1.82) is 0 Å². The van der Waals surface area contributed by atoms with Gasteiger partial charge in [0, 0.05) is 11.8 Å². The van der Waals surface area contributed by atoms with Crippen molar-refractivity contribution in [3.05, 3.63) is 35.0 Å². The van der Waals surface area contributed by atoms with Crippen LogP contribution in [0.5, 0.6) is 5.75 Å². The van der Waals surface area contributed by atoms with E-state index in [9.17, 15) is 0 Å². The average Bonchev–Trinajstić information content (AvgIpc) is 2.74. The smallest absolute Gasteiger partial charge is 0.137 e. The summed E-state index contributed by atoms with van der Waals surface area (Å²) in [4.78, 5) is 0. The van der Waals surface area contributed by atoms with Crippen molar-refractivity contribution in [1.82, 2.24) is 10.2 Å². The lowest BCUT2D eigenvalue weighted by atomic mass is 10.1. The topological polar surface area (TPSA) is 37.9 Å². The van der Waals surface area contributed by atoms with Gasteiger partial charge in [-0.1, -0.05) is 11.6 Å². The van der Waals surface area contributed by atoms with Gasteiger partial charge < -0.3 is 4.74 Å². The van der Waals surface area contributed by atoms with Crippen LogP contribution in [0, 0.1) is 6.92 Å². The van der Waals surface area contributed by atoms with E-state index in [1.165, 1.54) is 0 Å².